The SMILES string of the molecule is CCOc1cccc2sc(N(CCn3nc(C)cc3C)C(=O)c3ccc(C)cc3C)nc12. The van der Waals surface area contributed by atoms with Crippen molar-refractivity contribution >= 4 is 32.6 Å². The molecule has 4 aromatic rings. The van der Waals surface area contributed by atoms with Crippen molar-refractivity contribution in [1.82, 2.24) is 14.8 Å². The van der Waals surface area contributed by atoms with E-state index in [2.05, 4.69) is 5.10 Å². The summed E-state index contributed by atoms with van der Waals surface area (Å²) in [6.45, 7) is 11.6. The molecule has 0 unspecified atom stereocenters. The number of benzene rings is 2. The number of fused-ring (bicyclic) bond motifs is 1. The second kappa shape index (κ2) is 9.12. The lowest BCUT2D eigenvalue weighted by Gasteiger charge is -2.21. The van der Waals surface area contributed by atoms with Crippen molar-refractivity contribution < 1.29 is 9.53 Å². The van der Waals surface area contributed by atoms with Crippen LogP contribution in [-0.2, 0) is 6.54 Å². The molecule has 32 heavy (non-hydrogen) atoms. The number of ether oxygens (including phenoxy) is 1. The predicted molar refractivity (Wildman–Crippen MR) is 130 cm³/mol. The minimum absolute atomic E-state index is 0.0546. The maximum atomic E-state index is 13.7. The van der Waals surface area contributed by atoms with Crippen molar-refractivity contribution in [3.05, 3.63) is 70.5 Å². The molecule has 0 atom stereocenters. The van der Waals surface area contributed by atoms with Crippen LogP contribution in [0.4, 0.5) is 5.13 Å². The van der Waals surface area contributed by atoms with Gasteiger partial charge in [0.1, 0.15) is 11.3 Å². The molecule has 0 saturated carbocycles. The number of rotatable bonds is 7. The molecule has 2 aromatic carbocycles. The lowest BCUT2D eigenvalue weighted by atomic mass is 10.0. The van der Waals surface area contributed by atoms with Gasteiger partial charge < -0.3 is 4.74 Å². The van der Waals surface area contributed by atoms with Gasteiger partial charge in [-0.1, -0.05) is 35.1 Å². The van der Waals surface area contributed by atoms with Gasteiger partial charge in [0.15, 0.2) is 5.13 Å². The van der Waals surface area contributed by atoms with Crippen LogP contribution in [0.2, 0.25) is 0 Å². The Kier molecular flexibility index (Phi) is 6.28. The molecule has 0 aliphatic rings. The Morgan fingerprint density at radius 1 is 1.12 bits per heavy atom. The van der Waals surface area contributed by atoms with Gasteiger partial charge in [-0.2, -0.15) is 5.10 Å². The average molecular weight is 449 g/mol. The Bertz CT molecular complexity index is 1270. The summed E-state index contributed by atoms with van der Waals surface area (Å²) in [6, 6.07) is 13.9. The number of nitrogens with zero attached hydrogens (tertiary/aromatic N) is 4. The molecule has 0 fully saturated rings. The molecule has 0 aliphatic heterocycles. The van der Waals surface area contributed by atoms with E-state index >= 15 is 0 Å². The van der Waals surface area contributed by atoms with Gasteiger partial charge in [0.25, 0.3) is 5.91 Å². The average Bonchev–Trinajstić information content (AvgIpc) is 3.31. The third-order valence-electron chi connectivity index (χ3n) is 5.40. The minimum Gasteiger partial charge on any atom is -0.492 e. The van der Waals surface area contributed by atoms with Crippen LogP contribution < -0.4 is 9.64 Å². The summed E-state index contributed by atoms with van der Waals surface area (Å²) < 4.78 is 8.70. The van der Waals surface area contributed by atoms with Crippen molar-refractivity contribution in [2.24, 2.45) is 0 Å². The van der Waals surface area contributed by atoms with Crippen molar-refractivity contribution in [1.29, 1.82) is 0 Å². The molecule has 4 rings (SSSR count). The fourth-order valence-electron chi connectivity index (χ4n) is 3.88. The second-order valence-corrected chi connectivity index (χ2v) is 8.97. The van der Waals surface area contributed by atoms with E-state index in [1.54, 1.807) is 4.90 Å². The normalized spacial score (nSPS) is 11.2. The van der Waals surface area contributed by atoms with Crippen LogP contribution >= 0.6 is 11.3 Å². The maximum absolute atomic E-state index is 13.7. The third-order valence-corrected chi connectivity index (χ3v) is 6.44. The maximum Gasteiger partial charge on any atom is 0.260 e. The van der Waals surface area contributed by atoms with Crippen LogP contribution in [0.5, 0.6) is 5.75 Å². The van der Waals surface area contributed by atoms with Crippen LogP contribution in [-0.4, -0.2) is 33.8 Å². The summed E-state index contributed by atoms with van der Waals surface area (Å²) >= 11 is 1.51. The van der Waals surface area contributed by atoms with Gasteiger partial charge in [0.05, 0.1) is 23.5 Å². The fourth-order valence-corrected chi connectivity index (χ4v) is 4.89. The molecule has 0 radical (unpaired) electrons. The number of carbonyl (C=O) groups excluding carboxylic acids is 1. The summed E-state index contributed by atoms with van der Waals surface area (Å²) in [4.78, 5) is 20.3. The summed E-state index contributed by atoms with van der Waals surface area (Å²) in [5, 5.41) is 5.23. The van der Waals surface area contributed by atoms with E-state index in [9.17, 15) is 4.79 Å². The smallest absolute Gasteiger partial charge is 0.260 e. The van der Waals surface area contributed by atoms with Gasteiger partial charge in [-0.15, -0.1) is 0 Å². The van der Waals surface area contributed by atoms with Crippen LogP contribution in [0.1, 0.15) is 39.8 Å². The highest BCUT2D eigenvalue weighted by molar-refractivity contribution is 7.22. The van der Waals surface area contributed by atoms with Crippen molar-refractivity contribution in [2.75, 3.05) is 18.1 Å². The number of carbonyl (C=O) groups is 1. The first kappa shape index (κ1) is 22.0. The van der Waals surface area contributed by atoms with Crippen LogP contribution in [0, 0.1) is 27.7 Å². The lowest BCUT2D eigenvalue weighted by molar-refractivity contribution is 0.0985. The lowest BCUT2D eigenvalue weighted by Crippen LogP contribution is -2.34. The monoisotopic (exact) mass is 448 g/mol. The highest BCUT2D eigenvalue weighted by atomic mass is 32.1. The molecule has 7 heteroatoms. The molecular formula is C25H28N4O2S. The first-order chi connectivity index (χ1) is 15.4. The molecule has 0 bridgehead atoms. The van der Waals surface area contributed by atoms with Crippen molar-refractivity contribution in [3.8, 4) is 5.75 Å². The molecule has 2 heterocycles. The number of amides is 1. The number of aryl methyl sites for hydroxylation is 4. The van der Waals surface area contributed by atoms with Crippen LogP contribution in [0.15, 0.2) is 42.5 Å². The number of hydrogen-bond donors (Lipinski definition) is 0. The Labute approximate surface area is 192 Å². The summed E-state index contributed by atoms with van der Waals surface area (Å²) in [5.41, 5.74) is 5.62. The van der Waals surface area contributed by atoms with Crippen LogP contribution in [0.25, 0.3) is 10.2 Å². The first-order valence-corrected chi connectivity index (χ1v) is 11.6. The van der Waals surface area contributed by atoms with Crippen molar-refractivity contribution in [2.45, 2.75) is 41.2 Å². The van der Waals surface area contributed by atoms with Gasteiger partial charge in [0, 0.05) is 17.8 Å². The van der Waals surface area contributed by atoms with E-state index in [-0.39, 0.29) is 5.91 Å². The molecule has 0 aliphatic carbocycles. The van der Waals surface area contributed by atoms with E-state index in [1.165, 1.54) is 11.3 Å². The first-order valence-electron chi connectivity index (χ1n) is 10.8. The van der Waals surface area contributed by atoms with Gasteiger partial charge in [-0.3, -0.25) is 14.4 Å². The molecule has 0 saturated heterocycles. The molecule has 1 amide bonds. The number of aromatic nitrogens is 3. The fraction of sp³-hybridized carbons (Fsp3) is 0.320. The van der Waals surface area contributed by atoms with E-state index < -0.39 is 0 Å². The highest BCUT2D eigenvalue weighted by Crippen LogP contribution is 2.35. The second-order valence-electron chi connectivity index (χ2n) is 7.96. The Morgan fingerprint density at radius 2 is 1.94 bits per heavy atom. The molecule has 0 spiro atoms. The summed E-state index contributed by atoms with van der Waals surface area (Å²) in [6.07, 6.45) is 0. The van der Waals surface area contributed by atoms with E-state index in [1.807, 2.05) is 81.8 Å². The molecule has 6 nitrogen and oxygen atoms in total. The third kappa shape index (κ3) is 4.39. The quantitative estimate of drug-likeness (QED) is 0.376. The zero-order valence-corrected chi connectivity index (χ0v) is 20.0. The Balaban J connectivity index is 1.74. The molecule has 0 N–H and O–H groups in total. The zero-order chi connectivity index (χ0) is 22.8. The van der Waals surface area contributed by atoms with E-state index in [4.69, 9.17) is 9.72 Å². The standard InChI is InChI=1S/C25H28N4O2S/c1-6-31-21-8-7-9-22-23(21)26-25(32-22)28(12-13-29-19(5)15-18(4)27-29)24(30)20-11-10-16(2)14-17(20)3/h7-11,14-15H,6,12-13H2,1-5H3. The number of anilines is 1. The molecule has 2 aromatic heterocycles. The van der Waals surface area contributed by atoms with Crippen molar-refractivity contribution in [3.63, 3.8) is 0 Å². The zero-order valence-electron chi connectivity index (χ0n) is 19.2. The van der Waals surface area contributed by atoms with Crippen LogP contribution in [0.3, 0.4) is 0 Å². The van der Waals surface area contributed by atoms with Gasteiger partial charge in [-0.25, -0.2) is 4.98 Å². The minimum atomic E-state index is -0.0546. The predicted octanol–water partition coefficient (Wildman–Crippen LogP) is 5.47. The topological polar surface area (TPSA) is 60.2 Å². The van der Waals surface area contributed by atoms with E-state index in [0.29, 0.717) is 30.4 Å². The Hall–Kier alpha value is -3.19. The Morgan fingerprint density at radius 3 is 2.62 bits per heavy atom. The number of thiazole rings is 1. The van der Waals surface area contributed by atoms with Gasteiger partial charge in [-0.05, 0) is 64.4 Å². The molecular weight excluding hydrogens is 420 g/mol. The molecule has 166 valence electrons. The van der Waals surface area contributed by atoms with Gasteiger partial charge >= 0.3 is 0 Å². The largest absolute Gasteiger partial charge is 0.492 e. The van der Waals surface area contributed by atoms with E-state index in [0.717, 1.165) is 38.5 Å². The summed E-state index contributed by atoms with van der Waals surface area (Å²) in [5.74, 6) is 0.686. The van der Waals surface area contributed by atoms with Gasteiger partial charge in [0.2, 0.25) is 0 Å². The highest BCUT2D eigenvalue weighted by Gasteiger charge is 2.24. The number of para-hydroxylation sites is 1. The summed E-state index contributed by atoms with van der Waals surface area (Å²) in [7, 11) is 0. The number of hydrogen-bond acceptors (Lipinski definition) is 5.